The van der Waals surface area contributed by atoms with Gasteiger partial charge in [-0.1, -0.05) is 30.3 Å². The van der Waals surface area contributed by atoms with Crippen molar-refractivity contribution in [1.82, 2.24) is 24.9 Å². The lowest BCUT2D eigenvalue weighted by atomic mass is 10.0. The zero-order chi connectivity index (χ0) is 26.3. The van der Waals surface area contributed by atoms with E-state index < -0.39 is 29.0 Å². The number of anilines is 1. The molecule has 1 aliphatic heterocycles. The van der Waals surface area contributed by atoms with Crippen LogP contribution in [0.25, 0.3) is 22.2 Å². The lowest BCUT2D eigenvalue weighted by Gasteiger charge is -2.37. The second kappa shape index (κ2) is 10.6. The first-order chi connectivity index (χ1) is 17.7. The SMILES string of the molecule is CN(C(=O)c1cccc(C(F)(F)F)c1F)C1CCN(c2nnc(-c3ccnn3C)c3ccccc23)CC1.Cl. The summed E-state index contributed by atoms with van der Waals surface area (Å²) in [5, 5.41) is 15.1. The third kappa shape index (κ3) is 4.90. The molecule has 0 saturated carbocycles. The number of benzene rings is 2. The number of aromatic nitrogens is 4. The molecule has 0 bridgehead atoms. The summed E-state index contributed by atoms with van der Waals surface area (Å²) in [4.78, 5) is 16.3. The van der Waals surface area contributed by atoms with E-state index in [2.05, 4.69) is 20.2 Å². The number of carbonyl (C=O) groups excluding carboxylic acids is 1. The second-order valence-electron chi connectivity index (χ2n) is 9.06. The highest BCUT2D eigenvalue weighted by Crippen LogP contribution is 2.34. The Morgan fingerprint density at radius 2 is 1.68 bits per heavy atom. The van der Waals surface area contributed by atoms with Crippen LogP contribution in [0.1, 0.15) is 28.8 Å². The first-order valence-electron chi connectivity index (χ1n) is 11.8. The first kappa shape index (κ1) is 27.3. The number of amides is 1. The van der Waals surface area contributed by atoms with Gasteiger partial charge in [0.25, 0.3) is 5.91 Å². The van der Waals surface area contributed by atoms with Crippen LogP contribution in [0.5, 0.6) is 0 Å². The fourth-order valence-corrected chi connectivity index (χ4v) is 4.86. The average Bonchev–Trinajstić information content (AvgIpc) is 3.32. The van der Waals surface area contributed by atoms with Gasteiger partial charge in [-0.05, 0) is 31.0 Å². The van der Waals surface area contributed by atoms with Gasteiger partial charge in [0, 0.05) is 50.2 Å². The van der Waals surface area contributed by atoms with Gasteiger partial charge in [-0.15, -0.1) is 22.6 Å². The maximum atomic E-state index is 14.5. The van der Waals surface area contributed by atoms with Crippen LogP contribution in [-0.2, 0) is 13.2 Å². The van der Waals surface area contributed by atoms with Gasteiger partial charge in [0.05, 0.1) is 16.8 Å². The number of carbonyl (C=O) groups is 1. The smallest absolute Gasteiger partial charge is 0.354 e. The molecule has 0 N–H and O–H groups in total. The van der Waals surface area contributed by atoms with Gasteiger partial charge in [0.1, 0.15) is 11.5 Å². The number of nitrogens with zero attached hydrogens (tertiary/aromatic N) is 6. The lowest BCUT2D eigenvalue weighted by molar-refractivity contribution is -0.140. The van der Waals surface area contributed by atoms with Crippen molar-refractivity contribution < 1.29 is 22.4 Å². The fraction of sp³-hybridized carbons (Fsp3) is 0.308. The summed E-state index contributed by atoms with van der Waals surface area (Å²) in [5.41, 5.74) is -0.456. The molecule has 0 aliphatic carbocycles. The van der Waals surface area contributed by atoms with Crippen LogP contribution in [0.4, 0.5) is 23.4 Å². The molecule has 1 amide bonds. The Kier molecular flexibility index (Phi) is 7.59. The monoisotopic (exact) mass is 548 g/mol. The van der Waals surface area contributed by atoms with Crippen LogP contribution in [0, 0.1) is 5.82 Å². The molecular weight excluding hydrogens is 524 g/mol. The Labute approximate surface area is 222 Å². The van der Waals surface area contributed by atoms with E-state index in [-0.39, 0.29) is 18.4 Å². The Hall–Kier alpha value is -3.73. The van der Waals surface area contributed by atoms with Crippen molar-refractivity contribution in [1.29, 1.82) is 0 Å². The summed E-state index contributed by atoms with van der Waals surface area (Å²) in [6.07, 6.45) is -2.08. The summed E-state index contributed by atoms with van der Waals surface area (Å²) in [6, 6.07) is 12.2. The van der Waals surface area contributed by atoms with Crippen molar-refractivity contribution in [3.05, 3.63) is 71.7 Å². The number of piperidine rings is 1. The molecule has 3 heterocycles. The van der Waals surface area contributed by atoms with Crippen molar-refractivity contribution in [3.8, 4) is 11.4 Å². The van der Waals surface area contributed by atoms with E-state index in [1.54, 1.807) is 10.9 Å². The van der Waals surface area contributed by atoms with Gasteiger partial charge in [0.15, 0.2) is 5.82 Å². The number of rotatable bonds is 4. The molecule has 1 fully saturated rings. The maximum absolute atomic E-state index is 14.5. The van der Waals surface area contributed by atoms with Crippen LogP contribution in [0.15, 0.2) is 54.7 Å². The average molecular weight is 549 g/mol. The third-order valence-corrected chi connectivity index (χ3v) is 6.90. The Morgan fingerprint density at radius 1 is 1.00 bits per heavy atom. The molecule has 2 aromatic heterocycles. The van der Waals surface area contributed by atoms with Crippen molar-refractivity contribution in [2.24, 2.45) is 7.05 Å². The quantitative estimate of drug-likeness (QED) is 0.322. The number of aryl methyl sites for hydroxylation is 1. The molecule has 5 rings (SSSR count). The van der Waals surface area contributed by atoms with Crippen LogP contribution >= 0.6 is 12.4 Å². The summed E-state index contributed by atoms with van der Waals surface area (Å²) < 4.78 is 55.6. The van der Waals surface area contributed by atoms with Gasteiger partial charge in [-0.25, -0.2) is 4.39 Å². The first-order valence-corrected chi connectivity index (χ1v) is 11.8. The largest absolute Gasteiger partial charge is 0.419 e. The number of hydrogen-bond donors (Lipinski definition) is 0. The van der Waals surface area contributed by atoms with E-state index in [1.807, 2.05) is 37.4 Å². The van der Waals surface area contributed by atoms with E-state index in [1.165, 1.54) is 11.9 Å². The Morgan fingerprint density at radius 3 is 2.32 bits per heavy atom. The predicted octanol–water partition coefficient (Wildman–Crippen LogP) is 5.35. The van der Waals surface area contributed by atoms with Gasteiger partial charge in [0.2, 0.25) is 0 Å². The molecule has 4 aromatic rings. The fourth-order valence-electron chi connectivity index (χ4n) is 4.86. The molecular formula is C26H25ClF4N6O. The highest BCUT2D eigenvalue weighted by molar-refractivity contribution is 6.00. The molecule has 200 valence electrons. The number of fused-ring (bicyclic) bond motifs is 1. The third-order valence-electron chi connectivity index (χ3n) is 6.90. The molecule has 0 atom stereocenters. The Balaban J connectivity index is 0.00000336. The summed E-state index contributed by atoms with van der Waals surface area (Å²) in [6.45, 7) is 1.11. The minimum absolute atomic E-state index is 0. The van der Waals surface area contributed by atoms with Crippen LogP contribution in [0.3, 0.4) is 0 Å². The molecule has 1 aliphatic rings. The summed E-state index contributed by atoms with van der Waals surface area (Å²) in [7, 11) is 3.34. The zero-order valence-electron chi connectivity index (χ0n) is 20.6. The molecule has 12 heteroatoms. The standard InChI is InChI=1S/C26H24F4N6O.ClH/c1-34(25(37)19-8-5-9-20(22(19)27)26(28,29)30)16-11-14-36(15-12-16)24-18-7-4-3-6-17(18)23(32-33-24)21-10-13-31-35(21)2;/h3-10,13,16H,11-12,14-15H2,1-2H3;1H. The van der Waals surface area contributed by atoms with Crippen molar-refractivity contribution in [2.45, 2.75) is 25.1 Å². The zero-order valence-corrected chi connectivity index (χ0v) is 21.4. The van der Waals surface area contributed by atoms with E-state index >= 15 is 0 Å². The topological polar surface area (TPSA) is 67.2 Å². The van der Waals surface area contributed by atoms with Crippen molar-refractivity contribution in [2.75, 3.05) is 25.0 Å². The Bertz CT molecular complexity index is 1470. The van der Waals surface area contributed by atoms with Crippen molar-refractivity contribution >= 4 is 34.9 Å². The molecule has 0 unspecified atom stereocenters. The van der Waals surface area contributed by atoms with E-state index in [4.69, 9.17) is 0 Å². The molecule has 1 saturated heterocycles. The van der Waals surface area contributed by atoms with Crippen LogP contribution in [0.2, 0.25) is 0 Å². The highest BCUT2D eigenvalue weighted by atomic mass is 35.5. The minimum Gasteiger partial charge on any atom is -0.354 e. The van der Waals surface area contributed by atoms with Crippen molar-refractivity contribution in [3.63, 3.8) is 0 Å². The predicted molar refractivity (Wildman–Crippen MR) is 138 cm³/mol. The highest BCUT2D eigenvalue weighted by Gasteiger charge is 2.37. The van der Waals surface area contributed by atoms with Crippen LogP contribution in [-0.4, -0.2) is 57.0 Å². The lowest BCUT2D eigenvalue weighted by Crippen LogP contribution is -2.46. The van der Waals surface area contributed by atoms with Gasteiger partial charge >= 0.3 is 6.18 Å². The number of halogens is 5. The molecule has 0 radical (unpaired) electrons. The summed E-state index contributed by atoms with van der Waals surface area (Å²) >= 11 is 0. The van der Waals surface area contributed by atoms with E-state index in [0.717, 1.165) is 40.1 Å². The van der Waals surface area contributed by atoms with E-state index in [9.17, 15) is 22.4 Å². The molecule has 7 nitrogen and oxygen atoms in total. The minimum atomic E-state index is -4.87. The number of alkyl halides is 3. The maximum Gasteiger partial charge on any atom is 0.419 e. The van der Waals surface area contributed by atoms with Gasteiger partial charge in [-0.3, -0.25) is 9.48 Å². The van der Waals surface area contributed by atoms with Gasteiger partial charge < -0.3 is 9.80 Å². The normalized spacial score (nSPS) is 14.4. The van der Waals surface area contributed by atoms with E-state index in [0.29, 0.717) is 32.0 Å². The molecule has 2 aromatic carbocycles. The molecule has 0 spiro atoms. The second-order valence-corrected chi connectivity index (χ2v) is 9.06. The van der Waals surface area contributed by atoms with Crippen LogP contribution < -0.4 is 4.90 Å². The number of hydrogen-bond acceptors (Lipinski definition) is 5. The van der Waals surface area contributed by atoms with Gasteiger partial charge in [-0.2, -0.15) is 18.3 Å². The summed E-state index contributed by atoms with van der Waals surface area (Å²) in [5.74, 6) is -1.59. The molecule has 38 heavy (non-hydrogen) atoms.